The molecular weight excluding hydrogens is 332 g/mol. The van der Waals surface area contributed by atoms with Crippen LogP contribution in [0.3, 0.4) is 0 Å². The van der Waals surface area contributed by atoms with Gasteiger partial charge in [-0.1, -0.05) is 18.7 Å². The van der Waals surface area contributed by atoms with E-state index >= 15 is 0 Å². The fraction of sp³-hybridized carbons (Fsp3) is 0.267. The lowest BCUT2D eigenvalue weighted by molar-refractivity contribution is -0.113. The number of amides is 1. The van der Waals surface area contributed by atoms with Gasteiger partial charge in [-0.05, 0) is 30.7 Å². The van der Waals surface area contributed by atoms with Crippen molar-refractivity contribution in [2.75, 3.05) is 17.7 Å². The van der Waals surface area contributed by atoms with Crippen LogP contribution in [0.1, 0.15) is 23.7 Å². The summed E-state index contributed by atoms with van der Waals surface area (Å²) in [5.74, 6) is -0.598. The highest BCUT2D eigenvalue weighted by atomic mass is 32.2. The molecule has 1 aromatic heterocycles. The highest BCUT2D eigenvalue weighted by molar-refractivity contribution is 7.99. The van der Waals surface area contributed by atoms with Gasteiger partial charge in [-0.3, -0.25) is 14.6 Å². The third-order valence-electron chi connectivity index (χ3n) is 2.74. The summed E-state index contributed by atoms with van der Waals surface area (Å²) < 4.78 is 5.02. The highest BCUT2D eigenvalue weighted by Crippen LogP contribution is 2.13. The molecule has 1 aromatic carbocycles. The fourth-order valence-corrected chi connectivity index (χ4v) is 2.28. The second kappa shape index (κ2) is 8.82. The number of carbonyl (C=O) groups excluding carboxylic acids is 2. The molecule has 24 heavy (non-hydrogen) atoms. The van der Waals surface area contributed by atoms with Crippen LogP contribution < -0.4 is 10.9 Å². The molecule has 0 fully saturated rings. The quantitative estimate of drug-likeness (QED) is 0.575. The van der Waals surface area contributed by atoms with Gasteiger partial charge in [-0.2, -0.15) is 5.10 Å². The molecule has 2 N–H and O–H groups in total. The summed E-state index contributed by atoms with van der Waals surface area (Å²) in [5, 5.41) is 10.2. The SMILES string of the molecule is CCCOC(=O)c1ccc(NC(=O)CSc2nncc(=O)[nH]2)cc1. The average molecular weight is 348 g/mol. The van der Waals surface area contributed by atoms with E-state index in [4.69, 9.17) is 4.74 Å². The van der Waals surface area contributed by atoms with E-state index in [1.807, 2.05) is 6.92 Å². The third-order valence-corrected chi connectivity index (χ3v) is 3.60. The second-order valence-corrected chi connectivity index (χ2v) is 5.65. The zero-order valence-corrected chi connectivity index (χ0v) is 13.8. The zero-order chi connectivity index (χ0) is 17.4. The van der Waals surface area contributed by atoms with E-state index in [-0.39, 0.29) is 22.4 Å². The average Bonchev–Trinajstić information content (AvgIpc) is 2.58. The molecule has 0 spiro atoms. The number of benzene rings is 1. The Kier molecular flexibility index (Phi) is 6.50. The van der Waals surface area contributed by atoms with Crippen molar-refractivity contribution in [3.05, 3.63) is 46.4 Å². The molecular formula is C15H16N4O4S. The van der Waals surface area contributed by atoms with Crippen LogP contribution in [0, 0.1) is 0 Å². The lowest BCUT2D eigenvalue weighted by Crippen LogP contribution is -2.15. The smallest absolute Gasteiger partial charge is 0.338 e. The van der Waals surface area contributed by atoms with Crippen molar-refractivity contribution in [2.45, 2.75) is 18.5 Å². The van der Waals surface area contributed by atoms with Crippen molar-refractivity contribution >= 4 is 29.3 Å². The molecule has 9 heteroatoms. The minimum Gasteiger partial charge on any atom is -0.462 e. The van der Waals surface area contributed by atoms with Crippen LogP contribution in [-0.2, 0) is 9.53 Å². The lowest BCUT2D eigenvalue weighted by Gasteiger charge is -2.06. The van der Waals surface area contributed by atoms with Crippen LogP contribution in [0.4, 0.5) is 5.69 Å². The molecule has 2 aromatic rings. The van der Waals surface area contributed by atoms with Gasteiger partial charge in [0.2, 0.25) is 5.91 Å². The van der Waals surface area contributed by atoms with Crippen LogP contribution in [0.5, 0.6) is 0 Å². The van der Waals surface area contributed by atoms with Crippen molar-refractivity contribution in [1.29, 1.82) is 0 Å². The number of hydrogen-bond donors (Lipinski definition) is 2. The van der Waals surface area contributed by atoms with Crippen molar-refractivity contribution in [1.82, 2.24) is 15.2 Å². The monoisotopic (exact) mass is 348 g/mol. The van der Waals surface area contributed by atoms with Gasteiger partial charge in [0.15, 0.2) is 5.16 Å². The van der Waals surface area contributed by atoms with Gasteiger partial charge in [-0.25, -0.2) is 4.79 Å². The van der Waals surface area contributed by atoms with Crippen LogP contribution >= 0.6 is 11.8 Å². The summed E-state index contributed by atoms with van der Waals surface area (Å²) in [6.45, 7) is 2.29. The Morgan fingerprint density at radius 3 is 2.71 bits per heavy atom. The molecule has 2 rings (SSSR count). The summed E-state index contributed by atoms with van der Waals surface area (Å²) >= 11 is 1.06. The van der Waals surface area contributed by atoms with Crippen LogP contribution in [0.2, 0.25) is 0 Å². The summed E-state index contributed by atoms with van der Waals surface area (Å²) in [4.78, 5) is 37.1. The topological polar surface area (TPSA) is 114 Å². The Morgan fingerprint density at radius 1 is 1.29 bits per heavy atom. The Hall–Kier alpha value is -2.68. The van der Waals surface area contributed by atoms with Gasteiger partial charge in [0.25, 0.3) is 5.56 Å². The standard InChI is InChI=1S/C15H16N4O4S/c1-2-7-23-14(22)10-3-5-11(6-4-10)17-13(21)9-24-15-18-12(20)8-16-19-15/h3-6,8H,2,7,9H2,1H3,(H,17,21)(H,18,19,20). The molecule has 0 aliphatic heterocycles. The molecule has 0 aliphatic carbocycles. The first-order valence-electron chi connectivity index (χ1n) is 7.20. The molecule has 0 unspecified atom stereocenters. The van der Waals surface area contributed by atoms with Crippen LogP contribution in [0.25, 0.3) is 0 Å². The molecule has 0 saturated carbocycles. The maximum absolute atomic E-state index is 11.9. The minimum atomic E-state index is -0.392. The number of H-pyrrole nitrogens is 1. The van der Waals surface area contributed by atoms with Gasteiger partial charge in [0.1, 0.15) is 6.20 Å². The third kappa shape index (κ3) is 5.51. The van der Waals surface area contributed by atoms with Gasteiger partial charge < -0.3 is 10.1 Å². The number of hydrogen-bond acceptors (Lipinski definition) is 7. The van der Waals surface area contributed by atoms with E-state index in [1.165, 1.54) is 0 Å². The number of nitrogens with zero attached hydrogens (tertiary/aromatic N) is 2. The maximum Gasteiger partial charge on any atom is 0.338 e. The Balaban J connectivity index is 1.85. The van der Waals surface area contributed by atoms with E-state index in [9.17, 15) is 14.4 Å². The van der Waals surface area contributed by atoms with Crippen molar-refractivity contribution in [2.24, 2.45) is 0 Å². The molecule has 8 nitrogen and oxygen atoms in total. The number of thioether (sulfide) groups is 1. The molecule has 126 valence electrons. The molecule has 0 radical (unpaired) electrons. The summed E-state index contributed by atoms with van der Waals surface area (Å²) in [7, 11) is 0. The number of aromatic nitrogens is 3. The van der Waals surface area contributed by atoms with E-state index in [1.54, 1.807) is 24.3 Å². The number of ether oxygens (including phenoxy) is 1. The molecule has 1 heterocycles. The highest BCUT2D eigenvalue weighted by Gasteiger charge is 2.08. The predicted octanol–water partition coefficient (Wildman–Crippen LogP) is 1.46. The predicted molar refractivity (Wildman–Crippen MR) is 89.0 cm³/mol. The van der Waals surface area contributed by atoms with Crippen molar-refractivity contribution in [3.63, 3.8) is 0 Å². The number of carbonyl (C=O) groups is 2. The first-order chi connectivity index (χ1) is 11.6. The fourth-order valence-electron chi connectivity index (χ4n) is 1.66. The summed E-state index contributed by atoms with van der Waals surface area (Å²) in [6, 6.07) is 6.41. The molecule has 0 saturated heterocycles. The van der Waals surface area contributed by atoms with Crippen LogP contribution in [-0.4, -0.2) is 39.4 Å². The molecule has 1 amide bonds. The Labute approximate surface area is 142 Å². The van der Waals surface area contributed by atoms with Crippen molar-refractivity contribution < 1.29 is 14.3 Å². The van der Waals surface area contributed by atoms with E-state index in [2.05, 4.69) is 20.5 Å². The number of aromatic amines is 1. The Bertz CT molecular complexity index is 761. The van der Waals surface area contributed by atoms with E-state index in [0.29, 0.717) is 17.9 Å². The number of rotatable bonds is 7. The van der Waals surface area contributed by atoms with Gasteiger partial charge in [-0.15, -0.1) is 5.10 Å². The number of anilines is 1. The minimum absolute atomic E-state index is 0.0644. The Morgan fingerprint density at radius 2 is 2.04 bits per heavy atom. The van der Waals surface area contributed by atoms with Gasteiger partial charge in [0.05, 0.1) is 17.9 Å². The molecule has 0 atom stereocenters. The summed E-state index contributed by atoms with van der Waals surface area (Å²) in [5.41, 5.74) is 0.603. The molecule has 0 aliphatic rings. The van der Waals surface area contributed by atoms with Crippen molar-refractivity contribution in [3.8, 4) is 0 Å². The molecule has 0 bridgehead atoms. The maximum atomic E-state index is 11.9. The normalized spacial score (nSPS) is 10.2. The first-order valence-corrected chi connectivity index (χ1v) is 8.19. The largest absolute Gasteiger partial charge is 0.462 e. The van der Waals surface area contributed by atoms with Gasteiger partial charge in [0, 0.05) is 5.69 Å². The second-order valence-electron chi connectivity index (χ2n) is 4.69. The zero-order valence-electron chi connectivity index (χ0n) is 12.9. The lowest BCUT2D eigenvalue weighted by atomic mass is 10.2. The summed E-state index contributed by atoms with van der Waals surface area (Å²) in [6.07, 6.45) is 1.81. The van der Waals surface area contributed by atoms with Gasteiger partial charge >= 0.3 is 5.97 Å². The first kappa shape index (κ1) is 17.7. The van der Waals surface area contributed by atoms with E-state index in [0.717, 1.165) is 24.4 Å². The van der Waals surface area contributed by atoms with E-state index < -0.39 is 5.97 Å². The number of nitrogens with one attached hydrogen (secondary N) is 2. The number of esters is 1. The van der Waals surface area contributed by atoms with Crippen LogP contribution in [0.15, 0.2) is 40.4 Å².